The molecule has 3 aromatic carbocycles. The number of nitrogens with one attached hydrogen (secondary N) is 1. The molecule has 0 saturated heterocycles. The van der Waals surface area contributed by atoms with E-state index in [1.54, 1.807) is 19.1 Å². The van der Waals surface area contributed by atoms with Crippen molar-refractivity contribution >= 4 is 15.9 Å². The Morgan fingerprint density at radius 2 is 1.48 bits per heavy atom. The number of ether oxygens (including phenoxy) is 1. The van der Waals surface area contributed by atoms with Gasteiger partial charge in [0.15, 0.2) is 6.10 Å². The number of amides is 1. The van der Waals surface area contributed by atoms with Gasteiger partial charge in [-0.25, -0.2) is 12.7 Å². The van der Waals surface area contributed by atoms with Crippen molar-refractivity contribution in [2.24, 2.45) is 0 Å². The Kier molecular flexibility index (Phi) is 7.09. The van der Waals surface area contributed by atoms with Crippen LogP contribution in [0.5, 0.6) is 5.75 Å². The molecule has 1 N–H and O–H groups in total. The molecule has 0 aliphatic heterocycles. The van der Waals surface area contributed by atoms with Crippen LogP contribution in [0.25, 0.3) is 11.1 Å². The van der Waals surface area contributed by atoms with E-state index in [2.05, 4.69) is 5.32 Å². The van der Waals surface area contributed by atoms with Crippen LogP contribution in [0.2, 0.25) is 0 Å². The molecule has 0 saturated carbocycles. The van der Waals surface area contributed by atoms with Gasteiger partial charge in [-0.3, -0.25) is 4.79 Å². The molecule has 0 radical (unpaired) electrons. The highest BCUT2D eigenvalue weighted by Crippen LogP contribution is 2.22. The molecule has 0 aliphatic rings. The second-order valence-electron chi connectivity index (χ2n) is 7.30. The number of nitrogens with zero attached hydrogens (tertiary/aromatic N) is 1. The van der Waals surface area contributed by atoms with Crippen molar-refractivity contribution in [1.29, 1.82) is 0 Å². The lowest BCUT2D eigenvalue weighted by atomic mass is 10.1. The van der Waals surface area contributed by atoms with Crippen LogP contribution in [0.4, 0.5) is 0 Å². The molecule has 6 nitrogen and oxygen atoms in total. The van der Waals surface area contributed by atoms with Gasteiger partial charge >= 0.3 is 0 Å². The first-order chi connectivity index (χ1) is 14.8. The third-order valence-electron chi connectivity index (χ3n) is 4.81. The summed E-state index contributed by atoms with van der Waals surface area (Å²) >= 11 is 0. The SMILES string of the molecule is CC(Oc1ccc(-c2ccccc2)cc1)C(=O)NCc1ccc(S(=O)(=O)N(C)C)cc1. The summed E-state index contributed by atoms with van der Waals surface area (Å²) in [5, 5.41) is 2.81. The third kappa shape index (κ3) is 5.71. The van der Waals surface area contributed by atoms with Crippen LogP contribution in [0, 0.1) is 0 Å². The van der Waals surface area contributed by atoms with Crippen molar-refractivity contribution < 1.29 is 17.9 Å². The average Bonchev–Trinajstić information content (AvgIpc) is 2.78. The Morgan fingerprint density at radius 3 is 2.06 bits per heavy atom. The average molecular weight is 439 g/mol. The van der Waals surface area contributed by atoms with Crippen LogP contribution in [-0.2, 0) is 21.4 Å². The molecule has 7 heteroatoms. The summed E-state index contributed by atoms with van der Waals surface area (Å²) in [5.74, 6) is 0.359. The number of carbonyl (C=O) groups is 1. The van der Waals surface area contributed by atoms with E-state index in [1.807, 2.05) is 54.6 Å². The van der Waals surface area contributed by atoms with E-state index >= 15 is 0 Å². The number of hydrogen-bond donors (Lipinski definition) is 1. The summed E-state index contributed by atoms with van der Waals surface area (Å²) in [4.78, 5) is 12.6. The minimum Gasteiger partial charge on any atom is -0.481 e. The molecule has 0 spiro atoms. The maximum atomic E-state index is 12.4. The van der Waals surface area contributed by atoms with Gasteiger partial charge in [0.2, 0.25) is 10.0 Å². The molecule has 1 unspecified atom stereocenters. The van der Waals surface area contributed by atoms with Gasteiger partial charge in [0.25, 0.3) is 5.91 Å². The third-order valence-corrected chi connectivity index (χ3v) is 6.64. The van der Waals surface area contributed by atoms with Gasteiger partial charge in [-0.05, 0) is 47.9 Å². The Labute approximate surface area is 183 Å². The molecule has 3 aromatic rings. The summed E-state index contributed by atoms with van der Waals surface area (Å²) in [5.41, 5.74) is 2.99. The zero-order chi connectivity index (χ0) is 22.4. The Hall–Kier alpha value is -3.16. The number of rotatable bonds is 8. The summed E-state index contributed by atoms with van der Waals surface area (Å²) in [6.45, 7) is 1.97. The van der Waals surface area contributed by atoms with Gasteiger partial charge in [-0.1, -0.05) is 54.6 Å². The van der Waals surface area contributed by atoms with E-state index in [0.29, 0.717) is 5.75 Å². The lowest BCUT2D eigenvalue weighted by Crippen LogP contribution is -2.35. The minimum atomic E-state index is -3.47. The lowest BCUT2D eigenvalue weighted by Gasteiger charge is -2.15. The quantitative estimate of drug-likeness (QED) is 0.582. The Balaban J connectivity index is 1.54. The smallest absolute Gasteiger partial charge is 0.261 e. The van der Waals surface area contributed by atoms with Crippen molar-refractivity contribution in [2.75, 3.05) is 14.1 Å². The normalized spacial score (nSPS) is 12.4. The summed E-state index contributed by atoms with van der Waals surface area (Å²) in [7, 11) is -0.496. The zero-order valence-corrected chi connectivity index (χ0v) is 18.6. The molecule has 1 amide bonds. The fourth-order valence-corrected chi connectivity index (χ4v) is 3.84. The van der Waals surface area contributed by atoms with Gasteiger partial charge in [-0.2, -0.15) is 0 Å². The van der Waals surface area contributed by atoms with E-state index in [4.69, 9.17) is 4.74 Å². The van der Waals surface area contributed by atoms with Gasteiger partial charge in [-0.15, -0.1) is 0 Å². The van der Waals surface area contributed by atoms with Crippen LogP contribution in [0.3, 0.4) is 0 Å². The van der Waals surface area contributed by atoms with Crippen molar-refractivity contribution in [2.45, 2.75) is 24.5 Å². The molecule has 3 rings (SSSR count). The molecule has 0 aromatic heterocycles. The van der Waals surface area contributed by atoms with Crippen molar-refractivity contribution in [1.82, 2.24) is 9.62 Å². The Morgan fingerprint density at radius 1 is 0.903 bits per heavy atom. The van der Waals surface area contributed by atoms with Crippen molar-refractivity contribution in [3.05, 3.63) is 84.4 Å². The monoisotopic (exact) mass is 438 g/mol. The van der Waals surface area contributed by atoms with Crippen LogP contribution in [-0.4, -0.2) is 38.8 Å². The van der Waals surface area contributed by atoms with E-state index in [-0.39, 0.29) is 17.3 Å². The first-order valence-corrected chi connectivity index (χ1v) is 11.3. The molecule has 0 bridgehead atoms. The maximum absolute atomic E-state index is 12.4. The van der Waals surface area contributed by atoms with Crippen molar-refractivity contribution in [3.63, 3.8) is 0 Å². The van der Waals surface area contributed by atoms with Gasteiger partial charge in [0, 0.05) is 20.6 Å². The van der Waals surface area contributed by atoms with Crippen LogP contribution in [0.15, 0.2) is 83.8 Å². The highest BCUT2D eigenvalue weighted by Gasteiger charge is 2.17. The first kappa shape index (κ1) is 22.5. The van der Waals surface area contributed by atoms with Crippen LogP contribution < -0.4 is 10.1 Å². The van der Waals surface area contributed by atoms with Crippen LogP contribution in [0.1, 0.15) is 12.5 Å². The topological polar surface area (TPSA) is 75.7 Å². The first-order valence-electron chi connectivity index (χ1n) is 9.88. The molecule has 1 atom stereocenters. The molecular weight excluding hydrogens is 412 g/mol. The van der Waals surface area contributed by atoms with Crippen LogP contribution >= 0.6 is 0 Å². The lowest BCUT2D eigenvalue weighted by molar-refractivity contribution is -0.127. The molecular formula is C24H26N2O4S. The molecule has 0 heterocycles. The maximum Gasteiger partial charge on any atom is 0.261 e. The molecule has 0 fully saturated rings. The second-order valence-corrected chi connectivity index (χ2v) is 9.45. The fourth-order valence-electron chi connectivity index (χ4n) is 2.94. The molecule has 0 aliphatic carbocycles. The summed E-state index contributed by atoms with van der Waals surface area (Å²) in [6.07, 6.45) is -0.670. The number of benzene rings is 3. The zero-order valence-electron chi connectivity index (χ0n) is 17.8. The second kappa shape index (κ2) is 9.76. The fraction of sp³-hybridized carbons (Fsp3) is 0.208. The van der Waals surface area contributed by atoms with Crippen molar-refractivity contribution in [3.8, 4) is 16.9 Å². The molecule has 162 valence electrons. The number of hydrogen-bond acceptors (Lipinski definition) is 4. The Bertz CT molecular complexity index is 1110. The van der Waals surface area contributed by atoms with E-state index in [0.717, 1.165) is 21.0 Å². The van der Waals surface area contributed by atoms with E-state index in [1.165, 1.54) is 26.2 Å². The minimum absolute atomic E-state index is 0.211. The molecule has 31 heavy (non-hydrogen) atoms. The highest BCUT2D eigenvalue weighted by molar-refractivity contribution is 7.89. The standard InChI is InChI=1S/C24H26N2O4S/c1-18(30-22-13-11-21(12-14-22)20-7-5-4-6-8-20)24(27)25-17-19-9-15-23(16-10-19)31(28,29)26(2)3/h4-16,18H,17H2,1-3H3,(H,25,27). The predicted molar refractivity (Wildman–Crippen MR) is 121 cm³/mol. The highest BCUT2D eigenvalue weighted by atomic mass is 32.2. The van der Waals surface area contributed by atoms with E-state index < -0.39 is 16.1 Å². The van der Waals surface area contributed by atoms with Gasteiger partial charge in [0.1, 0.15) is 5.75 Å². The van der Waals surface area contributed by atoms with Gasteiger partial charge in [0.05, 0.1) is 4.90 Å². The van der Waals surface area contributed by atoms with E-state index in [9.17, 15) is 13.2 Å². The number of sulfonamides is 1. The largest absolute Gasteiger partial charge is 0.481 e. The predicted octanol–water partition coefficient (Wildman–Crippen LogP) is 3.69. The van der Waals surface area contributed by atoms with Gasteiger partial charge < -0.3 is 10.1 Å². The summed E-state index contributed by atoms with van der Waals surface area (Å²) < 4.78 is 31.1. The number of carbonyl (C=O) groups excluding carboxylic acids is 1. The summed E-state index contributed by atoms with van der Waals surface area (Å²) in [6, 6.07) is 24.1.